The summed E-state index contributed by atoms with van der Waals surface area (Å²) in [5.41, 5.74) is 2.08. The number of hydrogen-bond donors (Lipinski definition) is 3. The number of anilines is 2. The van der Waals surface area contributed by atoms with E-state index in [0.717, 1.165) is 0 Å². The highest BCUT2D eigenvalue weighted by Crippen LogP contribution is 2.38. The molecule has 0 aromatic carbocycles. The number of H-pyrrole nitrogens is 1. The lowest BCUT2D eigenvalue weighted by atomic mass is 10.0. The number of aromatic amines is 1. The van der Waals surface area contributed by atoms with Gasteiger partial charge in [0, 0.05) is 30.8 Å². The van der Waals surface area contributed by atoms with Gasteiger partial charge in [0.25, 0.3) is 0 Å². The minimum atomic E-state index is -1.35. The SMILES string of the molecule is COCc1cc2c(Nc3cc([C@H]4CC[C@@H](OC(=O)NC(C)C)[C@H]4F)[nH]n3)nc(C#N)cn2n1. The van der Waals surface area contributed by atoms with Crippen molar-refractivity contribution in [2.45, 2.75) is 57.5 Å². The first kappa shape index (κ1) is 22.5. The van der Waals surface area contributed by atoms with Crippen molar-refractivity contribution in [2.75, 3.05) is 12.4 Å². The summed E-state index contributed by atoms with van der Waals surface area (Å²) in [4.78, 5) is 16.1. The van der Waals surface area contributed by atoms with Crippen molar-refractivity contribution >= 4 is 23.2 Å². The van der Waals surface area contributed by atoms with Crippen LogP contribution in [0.2, 0.25) is 0 Å². The molecule has 12 heteroatoms. The maximum atomic E-state index is 15.0. The third-order valence-electron chi connectivity index (χ3n) is 5.32. The van der Waals surface area contributed by atoms with Crippen LogP contribution in [0.1, 0.15) is 49.7 Å². The fraction of sp³-hybridized carbons (Fsp3) is 0.476. The summed E-state index contributed by atoms with van der Waals surface area (Å²) >= 11 is 0. The molecule has 0 radical (unpaired) electrons. The molecule has 0 aliphatic heterocycles. The number of carbonyl (C=O) groups is 1. The van der Waals surface area contributed by atoms with Gasteiger partial charge in [0.15, 0.2) is 17.3 Å². The van der Waals surface area contributed by atoms with Gasteiger partial charge < -0.3 is 20.1 Å². The first-order chi connectivity index (χ1) is 15.9. The van der Waals surface area contributed by atoms with Crippen LogP contribution in [0.25, 0.3) is 5.52 Å². The molecular formula is C21H25FN8O3. The van der Waals surface area contributed by atoms with Crippen molar-refractivity contribution in [3.63, 3.8) is 0 Å². The number of hydrogen-bond acceptors (Lipinski definition) is 8. The summed E-state index contributed by atoms with van der Waals surface area (Å²) < 4.78 is 26.9. The van der Waals surface area contributed by atoms with Gasteiger partial charge in [-0.2, -0.15) is 15.5 Å². The molecule has 4 rings (SSSR count). The molecule has 3 N–H and O–H groups in total. The summed E-state index contributed by atoms with van der Waals surface area (Å²) in [6.45, 7) is 3.93. The number of rotatable bonds is 7. The van der Waals surface area contributed by atoms with Gasteiger partial charge in [-0.1, -0.05) is 0 Å². The highest BCUT2D eigenvalue weighted by molar-refractivity contribution is 5.73. The average Bonchev–Trinajstić information content (AvgIpc) is 3.47. The number of halogens is 1. The van der Waals surface area contributed by atoms with Gasteiger partial charge in [-0.3, -0.25) is 5.10 Å². The van der Waals surface area contributed by atoms with E-state index in [4.69, 9.17) is 9.47 Å². The smallest absolute Gasteiger partial charge is 0.407 e. The van der Waals surface area contributed by atoms with Crippen molar-refractivity contribution in [1.82, 2.24) is 30.1 Å². The monoisotopic (exact) mass is 456 g/mol. The summed E-state index contributed by atoms with van der Waals surface area (Å²) in [5.74, 6) is 0.321. The van der Waals surface area contributed by atoms with E-state index in [-0.39, 0.29) is 11.7 Å². The molecule has 174 valence electrons. The van der Waals surface area contributed by atoms with Crippen LogP contribution in [0.4, 0.5) is 20.8 Å². The van der Waals surface area contributed by atoms with Crippen molar-refractivity contribution in [3.05, 3.63) is 35.4 Å². The lowest BCUT2D eigenvalue weighted by Gasteiger charge is -2.18. The van der Waals surface area contributed by atoms with Crippen LogP contribution >= 0.6 is 0 Å². The standard InChI is InChI=1S/C21H25FN8O3/c1-11(2)24-21(31)33-17-5-4-14(19(17)22)15-7-18(28-27-15)26-20-16-6-12(10-32-3)29-30(16)9-13(8-23)25-20/h6-7,9,11,14,17,19H,4-5,10H2,1-3H3,(H,24,31)(H2,25,26,27,28)/t14-,17-,19+/m1/s1. The number of alkyl halides is 1. The van der Waals surface area contributed by atoms with Crippen LogP contribution in [0, 0.1) is 11.3 Å². The van der Waals surface area contributed by atoms with Crippen LogP contribution < -0.4 is 10.6 Å². The number of ether oxygens (including phenoxy) is 2. The van der Waals surface area contributed by atoms with Crippen LogP contribution in [0.3, 0.4) is 0 Å². The maximum absolute atomic E-state index is 15.0. The molecule has 3 aromatic rings. The molecule has 1 saturated carbocycles. The number of nitriles is 1. The Kier molecular flexibility index (Phi) is 6.41. The number of fused-ring (bicyclic) bond motifs is 1. The second-order valence-electron chi connectivity index (χ2n) is 8.19. The van der Waals surface area contributed by atoms with Gasteiger partial charge in [0.1, 0.15) is 23.9 Å². The molecular weight excluding hydrogens is 431 g/mol. The highest BCUT2D eigenvalue weighted by Gasteiger charge is 2.40. The average molecular weight is 456 g/mol. The van der Waals surface area contributed by atoms with Crippen LogP contribution in [-0.4, -0.2) is 56.3 Å². The molecule has 11 nitrogen and oxygen atoms in total. The minimum Gasteiger partial charge on any atom is -0.443 e. The fourth-order valence-corrected chi connectivity index (χ4v) is 3.90. The zero-order chi connectivity index (χ0) is 23.5. The van der Waals surface area contributed by atoms with E-state index >= 15 is 4.39 Å². The number of alkyl carbamates (subject to hydrolysis) is 1. The van der Waals surface area contributed by atoms with E-state index in [9.17, 15) is 10.1 Å². The molecule has 0 spiro atoms. The van der Waals surface area contributed by atoms with Gasteiger partial charge in [-0.05, 0) is 32.8 Å². The molecule has 3 heterocycles. The Hall–Kier alpha value is -3.72. The molecule has 3 aromatic heterocycles. The van der Waals surface area contributed by atoms with E-state index in [0.29, 0.717) is 48.0 Å². The van der Waals surface area contributed by atoms with Gasteiger partial charge in [0.2, 0.25) is 0 Å². The Balaban J connectivity index is 1.50. The second kappa shape index (κ2) is 9.41. The van der Waals surface area contributed by atoms with E-state index < -0.39 is 24.3 Å². The topological polar surface area (TPSA) is 142 Å². The molecule has 1 aliphatic rings. The van der Waals surface area contributed by atoms with Crippen LogP contribution in [0.5, 0.6) is 0 Å². The Bertz CT molecular complexity index is 1180. The predicted octanol–water partition coefficient (Wildman–Crippen LogP) is 2.93. The fourth-order valence-electron chi connectivity index (χ4n) is 3.90. The Morgan fingerprint density at radius 3 is 2.97 bits per heavy atom. The van der Waals surface area contributed by atoms with E-state index in [1.54, 1.807) is 23.8 Å². The van der Waals surface area contributed by atoms with Gasteiger partial charge >= 0.3 is 6.09 Å². The van der Waals surface area contributed by atoms with E-state index in [2.05, 4.69) is 30.9 Å². The minimum absolute atomic E-state index is 0.0880. The van der Waals surface area contributed by atoms with Crippen molar-refractivity contribution in [3.8, 4) is 6.07 Å². The number of aromatic nitrogens is 5. The number of methoxy groups -OCH3 is 1. The third kappa shape index (κ3) is 4.88. The normalized spacial score (nSPS) is 20.2. The molecule has 1 amide bonds. The summed E-state index contributed by atoms with van der Waals surface area (Å²) in [5, 5.41) is 26.4. The molecule has 0 unspecified atom stereocenters. The van der Waals surface area contributed by atoms with Crippen molar-refractivity contribution < 1.29 is 18.7 Å². The molecule has 33 heavy (non-hydrogen) atoms. The molecule has 1 aliphatic carbocycles. The first-order valence-electron chi connectivity index (χ1n) is 10.6. The molecule has 0 saturated heterocycles. The third-order valence-corrected chi connectivity index (χ3v) is 5.32. The highest BCUT2D eigenvalue weighted by atomic mass is 19.1. The number of nitrogens with zero attached hydrogens (tertiary/aromatic N) is 5. The largest absolute Gasteiger partial charge is 0.443 e. The van der Waals surface area contributed by atoms with Gasteiger partial charge in [-0.15, -0.1) is 0 Å². The van der Waals surface area contributed by atoms with E-state index in [1.165, 1.54) is 6.20 Å². The van der Waals surface area contributed by atoms with E-state index in [1.807, 2.05) is 19.9 Å². The van der Waals surface area contributed by atoms with Crippen molar-refractivity contribution in [2.24, 2.45) is 0 Å². The lowest BCUT2D eigenvalue weighted by molar-refractivity contribution is 0.0555. The lowest BCUT2D eigenvalue weighted by Crippen LogP contribution is -2.36. The summed E-state index contributed by atoms with van der Waals surface area (Å²) in [6.07, 6.45) is -0.326. The zero-order valence-electron chi connectivity index (χ0n) is 18.5. The first-order valence-corrected chi connectivity index (χ1v) is 10.6. The Morgan fingerprint density at radius 2 is 2.24 bits per heavy atom. The predicted molar refractivity (Wildman–Crippen MR) is 116 cm³/mol. The Labute approximate surface area is 189 Å². The maximum Gasteiger partial charge on any atom is 0.407 e. The second-order valence-corrected chi connectivity index (χ2v) is 8.19. The zero-order valence-corrected chi connectivity index (χ0v) is 18.5. The number of amides is 1. The van der Waals surface area contributed by atoms with Crippen molar-refractivity contribution in [1.29, 1.82) is 5.26 Å². The summed E-state index contributed by atoms with van der Waals surface area (Å²) in [6, 6.07) is 5.41. The quantitative estimate of drug-likeness (QED) is 0.493. The van der Waals surface area contributed by atoms with Crippen LogP contribution in [0.15, 0.2) is 18.3 Å². The molecule has 0 bridgehead atoms. The molecule has 3 atom stereocenters. The summed E-state index contributed by atoms with van der Waals surface area (Å²) in [7, 11) is 1.57. The number of nitrogens with one attached hydrogen (secondary N) is 3. The van der Waals surface area contributed by atoms with Gasteiger partial charge in [-0.25, -0.2) is 18.7 Å². The number of carbonyl (C=O) groups excluding carboxylic acids is 1. The Morgan fingerprint density at radius 1 is 1.42 bits per heavy atom. The van der Waals surface area contributed by atoms with Crippen LogP contribution in [-0.2, 0) is 16.1 Å². The van der Waals surface area contributed by atoms with Gasteiger partial charge in [0.05, 0.1) is 18.5 Å². The molecule has 1 fully saturated rings.